The van der Waals surface area contributed by atoms with Crippen molar-refractivity contribution in [1.82, 2.24) is 0 Å². The zero-order valence-corrected chi connectivity index (χ0v) is 34.1. The van der Waals surface area contributed by atoms with Crippen LogP contribution < -0.4 is 4.90 Å². The quantitative estimate of drug-likeness (QED) is 0.167. The van der Waals surface area contributed by atoms with Gasteiger partial charge in [-0.25, -0.2) is 0 Å². The lowest BCUT2D eigenvalue weighted by atomic mass is 9.86. The van der Waals surface area contributed by atoms with Gasteiger partial charge in [-0.1, -0.05) is 160 Å². The van der Waals surface area contributed by atoms with Crippen molar-refractivity contribution in [2.24, 2.45) is 0 Å². The lowest BCUT2D eigenvalue weighted by Gasteiger charge is -2.31. The van der Waals surface area contributed by atoms with Crippen LogP contribution in [0.15, 0.2) is 199 Å². The Bertz CT molecular complexity index is 3360. The summed E-state index contributed by atoms with van der Waals surface area (Å²) >= 11 is 1.86. The standard InChI is InChI=1S/C56H41NOS/c1-56(2,3)40-28-24-36(25-29-40)39-27-32-48(47(34-39)37-14-5-4-6-15-37)57(41-30-31-44-43-18-9-11-21-50(43)58-51(44)35-41)49-33-26-38-16-7-8-17-42(38)54(49)46-20-13-23-53-55(46)45-19-10-12-22-52(45)59-53/h4-35H,1-3H3. The van der Waals surface area contributed by atoms with E-state index in [0.717, 1.165) is 50.1 Å². The van der Waals surface area contributed by atoms with Crippen molar-refractivity contribution < 1.29 is 4.42 Å². The Morgan fingerprint density at radius 1 is 0.441 bits per heavy atom. The number of thiophene rings is 1. The minimum absolute atomic E-state index is 0.0796. The predicted molar refractivity (Wildman–Crippen MR) is 254 cm³/mol. The highest BCUT2D eigenvalue weighted by Gasteiger charge is 2.25. The van der Waals surface area contributed by atoms with Crippen molar-refractivity contribution in [3.05, 3.63) is 200 Å². The van der Waals surface area contributed by atoms with Crippen LogP contribution >= 0.6 is 11.3 Å². The smallest absolute Gasteiger partial charge is 0.137 e. The highest BCUT2D eigenvalue weighted by Crippen LogP contribution is 2.51. The summed E-state index contributed by atoms with van der Waals surface area (Å²) in [5.41, 5.74) is 13.4. The summed E-state index contributed by atoms with van der Waals surface area (Å²) in [5.74, 6) is 0. The first-order valence-electron chi connectivity index (χ1n) is 20.3. The average molecular weight is 776 g/mol. The van der Waals surface area contributed by atoms with Crippen molar-refractivity contribution in [3.8, 4) is 33.4 Å². The molecule has 11 aromatic rings. The van der Waals surface area contributed by atoms with Crippen molar-refractivity contribution in [2.75, 3.05) is 4.90 Å². The third-order valence-electron chi connectivity index (χ3n) is 11.8. The molecule has 2 heterocycles. The maximum absolute atomic E-state index is 6.60. The van der Waals surface area contributed by atoms with Crippen LogP contribution in [-0.4, -0.2) is 0 Å². The van der Waals surface area contributed by atoms with Gasteiger partial charge in [0.05, 0.1) is 11.4 Å². The second kappa shape index (κ2) is 13.9. The van der Waals surface area contributed by atoms with E-state index < -0.39 is 0 Å². The summed E-state index contributed by atoms with van der Waals surface area (Å²) < 4.78 is 9.17. The van der Waals surface area contributed by atoms with Gasteiger partial charge in [0, 0.05) is 53.8 Å². The maximum atomic E-state index is 6.60. The minimum atomic E-state index is 0.0796. The Labute approximate surface area is 348 Å². The van der Waals surface area contributed by atoms with Gasteiger partial charge < -0.3 is 9.32 Å². The first-order chi connectivity index (χ1) is 28.9. The van der Waals surface area contributed by atoms with Crippen LogP contribution in [0.2, 0.25) is 0 Å². The molecule has 3 heteroatoms. The van der Waals surface area contributed by atoms with Crippen molar-refractivity contribution in [1.29, 1.82) is 0 Å². The zero-order valence-electron chi connectivity index (χ0n) is 33.2. The van der Waals surface area contributed by atoms with Crippen LogP contribution in [-0.2, 0) is 5.41 Å². The SMILES string of the molecule is CC(C)(C)c1ccc(-c2ccc(N(c3ccc4c(c3)oc3ccccc34)c3ccc4ccccc4c3-c3cccc4sc5ccccc5c34)c(-c3ccccc3)c2)cc1. The summed E-state index contributed by atoms with van der Waals surface area (Å²) in [6.45, 7) is 6.80. The molecule has 0 radical (unpaired) electrons. The van der Waals surface area contributed by atoms with E-state index >= 15 is 0 Å². The number of furan rings is 1. The number of benzene rings is 9. The van der Waals surface area contributed by atoms with Gasteiger partial charge >= 0.3 is 0 Å². The van der Waals surface area contributed by atoms with Crippen LogP contribution in [0.1, 0.15) is 26.3 Å². The molecule has 0 saturated carbocycles. The van der Waals surface area contributed by atoms with E-state index in [1.54, 1.807) is 0 Å². The van der Waals surface area contributed by atoms with E-state index in [4.69, 9.17) is 4.42 Å². The topological polar surface area (TPSA) is 16.4 Å². The van der Waals surface area contributed by atoms with E-state index in [1.165, 1.54) is 58.8 Å². The second-order valence-electron chi connectivity index (χ2n) is 16.5. The molecule has 0 bridgehead atoms. The Morgan fingerprint density at radius 2 is 1.12 bits per heavy atom. The van der Waals surface area contributed by atoms with Crippen molar-refractivity contribution in [3.63, 3.8) is 0 Å². The fourth-order valence-electron chi connectivity index (χ4n) is 8.90. The van der Waals surface area contributed by atoms with E-state index in [0.29, 0.717) is 0 Å². The first-order valence-corrected chi connectivity index (χ1v) is 21.1. The normalized spacial score (nSPS) is 12.0. The number of nitrogens with zero attached hydrogens (tertiary/aromatic N) is 1. The summed E-state index contributed by atoms with van der Waals surface area (Å²) in [5, 5.41) is 7.21. The Morgan fingerprint density at radius 3 is 1.95 bits per heavy atom. The largest absolute Gasteiger partial charge is 0.456 e. The van der Waals surface area contributed by atoms with Gasteiger partial charge in [0.2, 0.25) is 0 Å². The van der Waals surface area contributed by atoms with Gasteiger partial charge in [-0.3, -0.25) is 0 Å². The molecule has 11 rings (SSSR count). The van der Waals surface area contributed by atoms with Crippen LogP contribution in [0.25, 0.3) is 86.3 Å². The Kier molecular flexibility index (Phi) is 8.28. The molecule has 0 atom stereocenters. The lowest BCUT2D eigenvalue weighted by molar-refractivity contribution is 0.590. The summed E-state index contributed by atoms with van der Waals surface area (Å²) in [6, 6.07) is 71.0. The molecule has 0 saturated heterocycles. The molecule has 0 aliphatic heterocycles. The van der Waals surface area contributed by atoms with Crippen LogP contribution in [0.4, 0.5) is 17.1 Å². The number of hydrogen-bond donors (Lipinski definition) is 0. The second-order valence-corrected chi connectivity index (χ2v) is 17.6. The Hall–Kier alpha value is -6.94. The van der Waals surface area contributed by atoms with Crippen molar-refractivity contribution in [2.45, 2.75) is 26.2 Å². The van der Waals surface area contributed by atoms with Gasteiger partial charge in [0.1, 0.15) is 11.2 Å². The van der Waals surface area contributed by atoms with E-state index in [2.05, 4.69) is 214 Å². The Balaban J connectivity index is 1.23. The van der Waals surface area contributed by atoms with E-state index in [9.17, 15) is 0 Å². The number of anilines is 3. The molecule has 0 fully saturated rings. The third-order valence-corrected chi connectivity index (χ3v) is 13.0. The van der Waals surface area contributed by atoms with Crippen LogP contribution in [0.5, 0.6) is 0 Å². The molecule has 282 valence electrons. The zero-order chi connectivity index (χ0) is 39.7. The third kappa shape index (κ3) is 6.00. The van der Waals surface area contributed by atoms with Gasteiger partial charge in [-0.15, -0.1) is 11.3 Å². The number of para-hydroxylation sites is 1. The van der Waals surface area contributed by atoms with Crippen LogP contribution in [0, 0.1) is 0 Å². The molecule has 0 N–H and O–H groups in total. The molecule has 0 aliphatic carbocycles. The molecular formula is C56H41NOS. The molecule has 0 spiro atoms. The number of fused-ring (bicyclic) bond motifs is 7. The van der Waals surface area contributed by atoms with Gasteiger partial charge in [0.25, 0.3) is 0 Å². The van der Waals surface area contributed by atoms with Crippen molar-refractivity contribution >= 4 is 81.3 Å². The molecule has 0 unspecified atom stereocenters. The van der Waals surface area contributed by atoms with E-state index in [-0.39, 0.29) is 5.41 Å². The fourth-order valence-corrected chi connectivity index (χ4v) is 10.0. The van der Waals surface area contributed by atoms with Gasteiger partial charge in [-0.05, 0) is 92.5 Å². The summed E-state index contributed by atoms with van der Waals surface area (Å²) in [4.78, 5) is 2.47. The average Bonchev–Trinajstić information content (AvgIpc) is 3.85. The molecule has 2 nitrogen and oxygen atoms in total. The van der Waals surface area contributed by atoms with E-state index in [1.807, 2.05) is 17.4 Å². The molecule has 59 heavy (non-hydrogen) atoms. The van der Waals surface area contributed by atoms with Gasteiger partial charge in [0.15, 0.2) is 0 Å². The molecular weight excluding hydrogens is 735 g/mol. The lowest BCUT2D eigenvalue weighted by Crippen LogP contribution is -2.13. The number of hydrogen-bond acceptors (Lipinski definition) is 3. The first kappa shape index (κ1) is 35.2. The summed E-state index contributed by atoms with van der Waals surface area (Å²) in [7, 11) is 0. The number of rotatable bonds is 6. The van der Waals surface area contributed by atoms with Crippen LogP contribution in [0.3, 0.4) is 0 Å². The minimum Gasteiger partial charge on any atom is -0.456 e. The molecule has 0 amide bonds. The monoisotopic (exact) mass is 775 g/mol. The molecule has 0 aliphatic rings. The fraction of sp³-hybridized carbons (Fsp3) is 0.0714. The van der Waals surface area contributed by atoms with Gasteiger partial charge in [-0.2, -0.15) is 0 Å². The predicted octanol–water partition coefficient (Wildman–Crippen LogP) is 16.9. The highest BCUT2D eigenvalue weighted by atomic mass is 32.1. The molecule has 2 aromatic heterocycles. The summed E-state index contributed by atoms with van der Waals surface area (Å²) in [6.07, 6.45) is 0. The highest BCUT2D eigenvalue weighted by molar-refractivity contribution is 7.25. The molecule has 9 aromatic carbocycles. The maximum Gasteiger partial charge on any atom is 0.137 e.